The lowest BCUT2D eigenvalue weighted by atomic mass is 10.1. The van der Waals surface area contributed by atoms with Crippen molar-refractivity contribution in [3.63, 3.8) is 0 Å². The molecule has 1 aliphatic rings. The summed E-state index contributed by atoms with van der Waals surface area (Å²) < 4.78 is 1.49. The lowest BCUT2D eigenvalue weighted by Crippen LogP contribution is -2.30. The van der Waals surface area contributed by atoms with Gasteiger partial charge in [0.1, 0.15) is 0 Å². The summed E-state index contributed by atoms with van der Waals surface area (Å²) in [7, 11) is 0. The molecule has 2 amide bonds. The first-order valence-corrected chi connectivity index (χ1v) is 9.99. The van der Waals surface area contributed by atoms with E-state index in [4.69, 9.17) is 5.84 Å². The number of nitrogens with two attached hydrogens (primary N) is 1. The summed E-state index contributed by atoms with van der Waals surface area (Å²) in [5, 5.41) is 8.95. The zero-order valence-corrected chi connectivity index (χ0v) is 15.9. The fourth-order valence-corrected chi connectivity index (χ4v) is 3.99. The zero-order valence-electron chi connectivity index (χ0n) is 15.1. The summed E-state index contributed by atoms with van der Waals surface area (Å²) in [5.74, 6) is 7.09. The number of benzene rings is 2. The molecule has 2 aromatic carbocycles. The van der Waals surface area contributed by atoms with Gasteiger partial charge in [0.15, 0.2) is 5.82 Å². The molecule has 0 unspecified atom stereocenters. The van der Waals surface area contributed by atoms with Crippen LogP contribution in [0, 0.1) is 0 Å². The van der Waals surface area contributed by atoms with E-state index in [9.17, 15) is 9.59 Å². The Morgan fingerprint density at radius 2 is 1.50 bits per heavy atom. The van der Waals surface area contributed by atoms with E-state index in [1.54, 1.807) is 24.3 Å². The van der Waals surface area contributed by atoms with E-state index in [1.807, 2.05) is 30.3 Å². The molecule has 0 saturated carbocycles. The van der Waals surface area contributed by atoms with Crippen LogP contribution in [0.5, 0.6) is 0 Å². The molecule has 0 atom stereocenters. The molecule has 1 aliphatic heterocycles. The van der Waals surface area contributed by atoms with E-state index in [0.717, 1.165) is 24.2 Å². The van der Waals surface area contributed by atoms with Gasteiger partial charge < -0.3 is 5.84 Å². The van der Waals surface area contributed by atoms with Gasteiger partial charge in [0.05, 0.1) is 11.1 Å². The number of imide groups is 1. The molecule has 7 nitrogen and oxygen atoms in total. The molecule has 0 aliphatic carbocycles. The van der Waals surface area contributed by atoms with Crippen LogP contribution in [0.25, 0.3) is 11.4 Å². The van der Waals surface area contributed by atoms with Crippen molar-refractivity contribution in [2.45, 2.75) is 18.0 Å². The van der Waals surface area contributed by atoms with Gasteiger partial charge in [-0.05, 0) is 25.0 Å². The summed E-state index contributed by atoms with van der Waals surface area (Å²) >= 11 is 1.51. The van der Waals surface area contributed by atoms with Gasteiger partial charge >= 0.3 is 0 Å². The third kappa shape index (κ3) is 3.38. The predicted molar refractivity (Wildman–Crippen MR) is 107 cm³/mol. The lowest BCUT2D eigenvalue weighted by Gasteiger charge is -2.13. The molecule has 28 heavy (non-hydrogen) atoms. The Morgan fingerprint density at radius 1 is 0.857 bits per heavy atom. The Bertz CT molecular complexity index is 983. The topological polar surface area (TPSA) is 94.1 Å². The molecule has 4 rings (SSSR count). The molecule has 1 aromatic heterocycles. The van der Waals surface area contributed by atoms with E-state index < -0.39 is 0 Å². The van der Waals surface area contributed by atoms with Crippen LogP contribution in [0.2, 0.25) is 0 Å². The van der Waals surface area contributed by atoms with Crippen LogP contribution in [-0.4, -0.2) is 43.9 Å². The van der Waals surface area contributed by atoms with Crippen molar-refractivity contribution in [1.29, 1.82) is 0 Å². The van der Waals surface area contributed by atoms with Gasteiger partial charge in [0, 0.05) is 17.9 Å². The normalized spacial score (nSPS) is 13.2. The van der Waals surface area contributed by atoms with Gasteiger partial charge in [-0.15, -0.1) is 10.2 Å². The number of aromatic nitrogens is 3. The molecule has 8 heteroatoms. The SMILES string of the molecule is Nn1c(SCCCCN2C(=O)c3ccccc3C2=O)nnc1-c1ccccc1. The van der Waals surface area contributed by atoms with Crippen LogP contribution in [-0.2, 0) is 0 Å². The van der Waals surface area contributed by atoms with E-state index >= 15 is 0 Å². The summed E-state index contributed by atoms with van der Waals surface area (Å²) in [4.78, 5) is 26.0. The van der Waals surface area contributed by atoms with E-state index in [-0.39, 0.29) is 11.8 Å². The van der Waals surface area contributed by atoms with Crippen LogP contribution in [0.15, 0.2) is 59.8 Å². The van der Waals surface area contributed by atoms with Crippen LogP contribution in [0.1, 0.15) is 33.6 Å². The van der Waals surface area contributed by atoms with Gasteiger partial charge in [-0.25, -0.2) is 4.68 Å². The minimum atomic E-state index is -0.206. The third-order valence-corrected chi connectivity index (χ3v) is 5.61. The maximum absolute atomic E-state index is 12.3. The van der Waals surface area contributed by atoms with E-state index in [0.29, 0.717) is 28.7 Å². The molecule has 0 spiro atoms. The monoisotopic (exact) mass is 393 g/mol. The number of unbranched alkanes of at least 4 members (excludes halogenated alkanes) is 1. The first kappa shape index (κ1) is 18.2. The molecule has 2 heterocycles. The Balaban J connectivity index is 1.28. The zero-order chi connectivity index (χ0) is 19.5. The molecule has 0 bridgehead atoms. The third-order valence-electron chi connectivity index (χ3n) is 4.58. The van der Waals surface area contributed by atoms with Crippen molar-refractivity contribution in [2.75, 3.05) is 18.1 Å². The summed E-state index contributed by atoms with van der Waals surface area (Å²) in [6.45, 7) is 0.414. The standard InChI is InChI=1S/C20H19N5O2S/c21-25-17(14-8-2-1-3-9-14)22-23-20(25)28-13-7-6-12-24-18(26)15-10-4-5-11-16(15)19(24)27/h1-5,8-11H,6-7,12-13,21H2. The van der Waals surface area contributed by atoms with Crippen molar-refractivity contribution < 1.29 is 9.59 Å². The van der Waals surface area contributed by atoms with Crippen LogP contribution < -0.4 is 5.84 Å². The minimum Gasteiger partial charge on any atom is -0.335 e. The highest BCUT2D eigenvalue weighted by Crippen LogP contribution is 2.24. The first-order chi connectivity index (χ1) is 13.7. The Labute approximate surface area is 166 Å². The van der Waals surface area contributed by atoms with Gasteiger partial charge in [-0.3, -0.25) is 14.5 Å². The Kier molecular flexibility index (Phi) is 5.12. The second kappa shape index (κ2) is 7.85. The summed E-state index contributed by atoms with van der Waals surface area (Å²) in [6, 6.07) is 16.6. The van der Waals surface area contributed by atoms with Crippen molar-refractivity contribution in [3.8, 4) is 11.4 Å². The van der Waals surface area contributed by atoms with Crippen LogP contribution in [0.3, 0.4) is 0 Å². The molecular formula is C20H19N5O2S. The fraction of sp³-hybridized carbons (Fsp3) is 0.200. The maximum atomic E-state index is 12.3. The molecule has 142 valence electrons. The average Bonchev–Trinajstić information content (AvgIpc) is 3.21. The second-order valence-corrected chi connectivity index (χ2v) is 7.47. The van der Waals surface area contributed by atoms with Crippen molar-refractivity contribution in [3.05, 3.63) is 65.7 Å². The first-order valence-electron chi connectivity index (χ1n) is 9.01. The minimum absolute atomic E-state index is 0.206. The number of nitrogen functional groups attached to an aromatic ring is 1. The maximum Gasteiger partial charge on any atom is 0.261 e. The number of thioether (sulfide) groups is 1. The Hall–Kier alpha value is -3.13. The Morgan fingerprint density at radius 3 is 2.18 bits per heavy atom. The molecule has 0 saturated heterocycles. The van der Waals surface area contributed by atoms with Crippen molar-refractivity contribution >= 4 is 23.6 Å². The van der Waals surface area contributed by atoms with Gasteiger partial charge in [-0.1, -0.05) is 54.2 Å². The highest BCUT2D eigenvalue weighted by molar-refractivity contribution is 7.99. The number of hydrogen-bond acceptors (Lipinski definition) is 6. The highest BCUT2D eigenvalue weighted by atomic mass is 32.2. The largest absolute Gasteiger partial charge is 0.335 e. The van der Waals surface area contributed by atoms with E-state index in [1.165, 1.54) is 21.3 Å². The molecule has 2 N–H and O–H groups in total. The van der Waals surface area contributed by atoms with Crippen molar-refractivity contribution in [2.24, 2.45) is 0 Å². The second-order valence-electron chi connectivity index (χ2n) is 6.41. The number of nitrogens with zero attached hydrogens (tertiary/aromatic N) is 4. The van der Waals surface area contributed by atoms with Crippen LogP contribution in [0.4, 0.5) is 0 Å². The molecule has 0 radical (unpaired) electrons. The lowest BCUT2D eigenvalue weighted by molar-refractivity contribution is 0.0652. The summed E-state index contributed by atoms with van der Waals surface area (Å²) in [5.41, 5.74) is 1.90. The number of fused-ring (bicyclic) bond motifs is 1. The molecule has 0 fully saturated rings. The fourth-order valence-electron chi connectivity index (χ4n) is 3.14. The average molecular weight is 393 g/mol. The summed E-state index contributed by atoms with van der Waals surface area (Å²) in [6.07, 6.45) is 1.55. The smallest absolute Gasteiger partial charge is 0.261 e. The van der Waals surface area contributed by atoms with Crippen molar-refractivity contribution in [1.82, 2.24) is 19.8 Å². The highest BCUT2D eigenvalue weighted by Gasteiger charge is 2.34. The number of rotatable bonds is 7. The number of carbonyl (C=O) groups excluding carboxylic acids is 2. The molecular weight excluding hydrogens is 374 g/mol. The molecule has 3 aromatic rings. The number of hydrogen-bond donors (Lipinski definition) is 1. The number of amides is 2. The van der Waals surface area contributed by atoms with Gasteiger partial charge in [0.25, 0.3) is 11.8 Å². The predicted octanol–water partition coefficient (Wildman–Crippen LogP) is 2.83. The quantitative estimate of drug-likeness (QED) is 0.287. The number of carbonyl (C=O) groups is 2. The van der Waals surface area contributed by atoms with Gasteiger partial charge in [0.2, 0.25) is 5.16 Å². The van der Waals surface area contributed by atoms with Gasteiger partial charge in [-0.2, -0.15) is 0 Å². The van der Waals surface area contributed by atoms with E-state index in [2.05, 4.69) is 10.2 Å². The van der Waals surface area contributed by atoms with Crippen LogP contribution >= 0.6 is 11.8 Å².